The summed E-state index contributed by atoms with van der Waals surface area (Å²) in [6, 6.07) is 17.1. The molecule has 0 aliphatic heterocycles. The van der Waals surface area contributed by atoms with Gasteiger partial charge < -0.3 is 19.1 Å². The van der Waals surface area contributed by atoms with Crippen LogP contribution in [0, 0.1) is 5.82 Å². The number of aromatic nitrogens is 1. The summed E-state index contributed by atoms with van der Waals surface area (Å²) in [7, 11) is 0. The number of hydrogen-bond donors (Lipinski definition) is 1. The molecule has 0 aliphatic carbocycles. The van der Waals surface area contributed by atoms with Crippen LogP contribution >= 0.6 is 27.5 Å². The molecule has 1 aromatic heterocycles. The van der Waals surface area contributed by atoms with Gasteiger partial charge in [0.15, 0.2) is 0 Å². The van der Waals surface area contributed by atoms with Crippen molar-refractivity contribution in [2.24, 2.45) is 0 Å². The summed E-state index contributed by atoms with van der Waals surface area (Å²) in [5, 5.41) is 10.2. The number of nitrogens with zero attached hydrogens (tertiary/aromatic N) is 1. The van der Waals surface area contributed by atoms with E-state index in [4.69, 9.17) is 26.2 Å². The monoisotopic (exact) mass is 503 g/mol. The van der Waals surface area contributed by atoms with Gasteiger partial charge in [-0.1, -0.05) is 23.7 Å². The van der Waals surface area contributed by atoms with Crippen molar-refractivity contribution < 1.29 is 23.8 Å². The predicted octanol–water partition coefficient (Wildman–Crippen LogP) is 6.88. The van der Waals surface area contributed by atoms with Gasteiger partial charge in [0.2, 0.25) is 0 Å². The molecule has 0 saturated carbocycles. The van der Waals surface area contributed by atoms with Gasteiger partial charge in [-0.25, -0.2) is 9.18 Å². The maximum absolute atomic E-state index is 13.5. The molecule has 0 radical (unpaired) electrons. The first kappa shape index (κ1) is 21.2. The third-order valence-electron chi connectivity index (χ3n) is 4.71. The van der Waals surface area contributed by atoms with Crippen LogP contribution in [-0.4, -0.2) is 15.8 Å². The second-order valence-corrected chi connectivity index (χ2v) is 8.08. The molecule has 0 spiro atoms. The summed E-state index contributed by atoms with van der Waals surface area (Å²) in [6.07, 6.45) is 0.486. The standard InChI is InChI=1S/C23H16BrClFNO4/c24-18-10-14(4-6-19(18)26)13-30-21-7-5-16(25)11-15(21)12-27-9-8-17-20(27)2-1-3-22(17)31-23(28)29/h1-11H,12-13H2,(H,28,29). The summed E-state index contributed by atoms with van der Waals surface area (Å²) in [5.41, 5.74) is 2.47. The Hall–Kier alpha value is -3.03. The molecule has 0 bridgehead atoms. The van der Waals surface area contributed by atoms with Crippen LogP contribution in [-0.2, 0) is 13.2 Å². The molecule has 0 aliphatic rings. The quantitative estimate of drug-likeness (QED) is 0.230. The Morgan fingerprint density at radius 2 is 1.94 bits per heavy atom. The zero-order chi connectivity index (χ0) is 22.0. The minimum Gasteiger partial charge on any atom is -0.489 e. The Bertz CT molecular complexity index is 1270. The highest BCUT2D eigenvalue weighted by atomic mass is 79.9. The third-order valence-corrected chi connectivity index (χ3v) is 5.56. The minimum absolute atomic E-state index is 0.260. The molecule has 0 atom stereocenters. The van der Waals surface area contributed by atoms with E-state index in [-0.39, 0.29) is 18.2 Å². The topological polar surface area (TPSA) is 60.7 Å². The SMILES string of the molecule is O=C(O)Oc1cccc2c1ccn2Cc1cc(Cl)ccc1OCc1ccc(F)c(Br)c1. The lowest BCUT2D eigenvalue weighted by Crippen LogP contribution is -2.04. The van der Waals surface area contributed by atoms with Crippen molar-refractivity contribution in [2.45, 2.75) is 13.2 Å². The Balaban J connectivity index is 1.61. The molecule has 5 nitrogen and oxygen atoms in total. The Morgan fingerprint density at radius 1 is 1.10 bits per heavy atom. The fourth-order valence-corrected chi connectivity index (χ4v) is 3.92. The van der Waals surface area contributed by atoms with Crippen molar-refractivity contribution >= 4 is 44.6 Å². The number of fused-ring (bicyclic) bond motifs is 1. The van der Waals surface area contributed by atoms with Crippen molar-refractivity contribution in [3.05, 3.63) is 93.3 Å². The zero-order valence-corrected chi connectivity index (χ0v) is 18.4. The van der Waals surface area contributed by atoms with E-state index in [2.05, 4.69) is 15.9 Å². The van der Waals surface area contributed by atoms with Crippen LogP contribution in [0.25, 0.3) is 10.9 Å². The highest BCUT2D eigenvalue weighted by Crippen LogP contribution is 2.30. The molecular weight excluding hydrogens is 489 g/mol. The Morgan fingerprint density at radius 3 is 2.71 bits per heavy atom. The molecular formula is C23H16BrClFNO4. The van der Waals surface area contributed by atoms with Crippen molar-refractivity contribution in [1.29, 1.82) is 0 Å². The highest BCUT2D eigenvalue weighted by molar-refractivity contribution is 9.10. The van der Waals surface area contributed by atoms with Gasteiger partial charge in [-0.2, -0.15) is 0 Å². The summed E-state index contributed by atoms with van der Waals surface area (Å²) >= 11 is 9.40. The van der Waals surface area contributed by atoms with Gasteiger partial charge in [0, 0.05) is 22.2 Å². The molecule has 4 rings (SSSR count). The van der Waals surface area contributed by atoms with E-state index in [0.29, 0.717) is 27.2 Å². The van der Waals surface area contributed by atoms with E-state index in [9.17, 15) is 9.18 Å². The molecule has 0 saturated heterocycles. The van der Waals surface area contributed by atoms with Crippen molar-refractivity contribution in [3.63, 3.8) is 0 Å². The molecule has 0 fully saturated rings. The summed E-state index contributed by atoms with van der Waals surface area (Å²) in [5.74, 6) is 0.583. The molecule has 8 heteroatoms. The van der Waals surface area contributed by atoms with Gasteiger partial charge in [-0.3, -0.25) is 0 Å². The van der Waals surface area contributed by atoms with Crippen molar-refractivity contribution in [3.8, 4) is 11.5 Å². The van der Waals surface area contributed by atoms with Crippen LogP contribution in [0.5, 0.6) is 11.5 Å². The lowest BCUT2D eigenvalue weighted by molar-refractivity contribution is 0.145. The van der Waals surface area contributed by atoms with E-state index in [1.807, 2.05) is 22.9 Å². The smallest absolute Gasteiger partial charge is 0.489 e. The molecule has 4 aromatic rings. The average molecular weight is 505 g/mol. The molecule has 0 amide bonds. The number of ether oxygens (including phenoxy) is 2. The van der Waals surface area contributed by atoms with Gasteiger partial charge in [-0.05, 0) is 70.0 Å². The van der Waals surface area contributed by atoms with Gasteiger partial charge in [0.1, 0.15) is 23.9 Å². The van der Waals surface area contributed by atoms with Gasteiger partial charge >= 0.3 is 6.16 Å². The molecule has 1 N–H and O–H groups in total. The summed E-state index contributed by atoms with van der Waals surface area (Å²) in [4.78, 5) is 10.9. The second-order valence-electron chi connectivity index (χ2n) is 6.79. The maximum atomic E-state index is 13.5. The van der Waals surface area contributed by atoms with E-state index in [1.54, 1.807) is 42.5 Å². The number of halogens is 3. The second kappa shape index (κ2) is 8.99. The van der Waals surface area contributed by atoms with Crippen LogP contribution in [0.3, 0.4) is 0 Å². The first-order valence-corrected chi connectivity index (χ1v) is 10.4. The summed E-state index contributed by atoms with van der Waals surface area (Å²) < 4.78 is 26.7. The number of carbonyl (C=O) groups is 1. The third kappa shape index (κ3) is 4.84. The minimum atomic E-state index is -1.36. The van der Waals surface area contributed by atoms with Crippen LogP contribution in [0.2, 0.25) is 5.02 Å². The number of benzene rings is 3. The molecule has 158 valence electrons. The molecule has 3 aromatic carbocycles. The van der Waals surface area contributed by atoms with Crippen molar-refractivity contribution in [1.82, 2.24) is 4.57 Å². The van der Waals surface area contributed by atoms with Crippen molar-refractivity contribution in [2.75, 3.05) is 0 Å². The molecule has 0 unspecified atom stereocenters. The number of carboxylic acid groups (broad SMARTS) is 1. The summed E-state index contributed by atoms with van der Waals surface area (Å²) in [6.45, 7) is 0.708. The predicted molar refractivity (Wildman–Crippen MR) is 120 cm³/mol. The van der Waals surface area contributed by atoms with E-state index >= 15 is 0 Å². The van der Waals surface area contributed by atoms with Gasteiger partial charge in [0.05, 0.1) is 16.5 Å². The molecule has 1 heterocycles. The fourth-order valence-electron chi connectivity index (χ4n) is 3.30. The normalized spacial score (nSPS) is 10.9. The fraction of sp³-hybridized carbons (Fsp3) is 0.0870. The van der Waals surface area contributed by atoms with Crippen LogP contribution in [0.1, 0.15) is 11.1 Å². The van der Waals surface area contributed by atoms with E-state index < -0.39 is 6.16 Å². The lowest BCUT2D eigenvalue weighted by Gasteiger charge is -2.14. The molecule has 31 heavy (non-hydrogen) atoms. The zero-order valence-electron chi connectivity index (χ0n) is 16.0. The van der Waals surface area contributed by atoms with Crippen LogP contribution in [0.15, 0.2) is 71.3 Å². The van der Waals surface area contributed by atoms with Gasteiger partial charge in [-0.15, -0.1) is 0 Å². The average Bonchev–Trinajstić information content (AvgIpc) is 3.13. The highest BCUT2D eigenvalue weighted by Gasteiger charge is 2.12. The van der Waals surface area contributed by atoms with E-state index in [0.717, 1.165) is 16.6 Å². The Kier molecular flexibility index (Phi) is 6.15. The maximum Gasteiger partial charge on any atom is 0.511 e. The lowest BCUT2D eigenvalue weighted by atomic mass is 10.2. The Labute approximate surface area is 190 Å². The van der Waals surface area contributed by atoms with Crippen LogP contribution < -0.4 is 9.47 Å². The van der Waals surface area contributed by atoms with Crippen LogP contribution in [0.4, 0.5) is 9.18 Å². The van der Waals surface area contributed by atoms with E-state index in [1.165, 1.54) is 6.07 Å². The largest absolute Gasteiger partial charge is 0.511 e. The first-order chi connectivity index (χ1) is 14.9. The first-order valence-electron chi connectivity index (χ1n) is 9.24. The number of hydrogen-bond acceptors (Lipinski definition) is 3. The number of rotatable bonds is 6. The van der Waals surface area contributed by atoms with Gasteiger partial charge in [0.25, 0.3) is 0 Å².